The van der Waals surface area contributed by atoms with Crippen LogP contribution < -0.4 is 5.32 Å². The van der Waals surface area contributed by atoms with Gasteiger partial charge in [-0.05, 0) is 64.6 Å². The summed E-state index contributed by atoms with van der Waals surface area (Å²) in [4.78, 5) is 2.62. The third-order valence-corrected chi connectivity index (χ3v) is 4.60. The van der Waals surface area contributed by atoms with E-state index >= 15 is 0 Å². The van der Waals surface area contributed by atoms with Gasteiger partial charge < -0.3 is 10.2 Å². The number of hydrogen-bond donors (Lipinski definition) is 1. The van der Waals surface area contributed by atoms with E-state index in [1.807, 2.05) is 0 Å². The van der Waals surface area contributed by atoms with Crippen molar-refractivity contribution in [1.82, 2.24) is 10.2 Å². The Morgan fingerprint density at radius 2 is 1.63 bits per heavy atom. The molecule has 1 rings (SSSR count). The summed E-state index contributed by atoms with van der Waals surface area (Å²) in [5.74, 6) is 0.970. The van der Waals surface area contributed by atoms with Crippen LogP contribution in [0.1, 0.15) is 72.1 Å². The van der Waals surface area contributed by atoms with Crippen LogP contribution in [0.25, 0.3) is 0 Å². The molecule has 1 fully saturated rings. The molecule has 0 radical (unpaired) electrons. The van der Waals surface area contributed by atoms with Gasteiger partial charge in [-0.25, -0.2) is 0 Å². The highest BCUT2D eigenvalue weighted by atomic mass is 15.1. The van der Waals surface area contributed by atoms with Gasteiger partial charge in [-0.2, -0.15) is 0 Å². The van der Waals surface area contributed by atoms with Gasteiger partial charge in [0, 0.05) is 12.1 Å². The van der Waals surface area contributed by atoms with E-state index in [1.54, 1.807) is 0 Å². The average molecular weight is 268 g/mol. The predicted octanol–water partition coefficient (Wildman–Crippen LogP) is 4.06. The first-order valence-electron chi connectivity index (χ1n) is 8.53. The van der Waals surface area contributed by atoms with Crippen molar-refractivity contribution in [3.63, 3.8) is 0 Å². The first-order valence-corrected chi connectivity index (χ1v) is 8.53. The minimum atomic E-state index is 0.639. The zero-order valence-electron chi connectivity index (χ0n) is 13.8. The molecule has 0 atom stereocenters. The fraction of sp³-hybridized carbons (Fsp3) is 1.00. The minimum Gasteiger partial charge on any atom is -0.315 e. The first kappa shape index (κ1) is 17.0. The van der Waals surface area contributed by atoms with Crippen molar-refractivity contribution in [2.24, 2.45) is 5.92 Å². The highest BCUT2D eigenvalue weighted by molar-refractivity contribution is 4.76. The van der Waals surface area contributed by atoms with Gasteiger partial charge in [0.25, 0.3) is 0 Å². The second kappa shape index (κ2) is 9.77. The van der Waals surface area contributed by atoms with Crippen LogP contribution in [0.15, 0.2) is 0 Å². The van der Waals surface area contributed by atoms with Gasteiger partial charge >= 0.3 is 0 Å². The maximum atomic E-state index is 3.49. The lowest BCUT2D eigenvalue weighted by molar-refractivity contribution is 0.167. The Balaban J connectivity index is 1.94. The Kier molecular flexibility index (Phi) is 8.72. The van der Waals surface area contributed by atoms with Gasteiger partial charge in [0.05, 0.1) is 0 Å². The van der Waals surface area contributed by atoms with Crippen molar-refractivity contribution < 1.29 is 0 Å². The van der Waals surface area contributed by atoms with Crippen LogP contribution in [0.2, 0.25) is 0 Å². The van der Waals surface area contributed by atoms with Gasteiger partial charge in [-0.15, -0.1) is 0 Å². The van der Waals surface area contributed by atoms with Crippen molar-refractivity contribution in [3.05, 3.63) is 0 Å². The summed E-state index contributed by atoms with van der Waals surface area (Å²) in [7, 11) is 2.33. The Hall–Kier alpha value is -0.0800. The average Bonchev–Trinajstić information content (AvgIpc) is 2.38. The highest BCUT2D eigenvalue weighted by Crippen LogP contribution is 2.26. The molecule has 1 saturated carbocycles. The van der Waals surface area contributed by atoms with E-state index in [0.29, 0.717) is 6.04 Å². The molecule has 0 aliphatic heterocycles. The summed E-state index contributed by atoms with van der Waals surface area (Å²) >= 11 is 0. The lowest BCUT2D eigenvalue weighted by atomic mass is 9.87. The SMILES string of the molecule is CC1CCC(N(C)CCCCCCNC(C)C)CC1. The quantitative estimate of drug-likeness (QED) is 0.635. The van der Waals surface area contributed by atoms with E-state index in [9.17, 15) is 0 Å². The van der Waals surface area contributed by atoms with Gasteiger partial charge in [0.1, 0.15) is 0 Å². The standard InChI is InChI=1S/C17H36N2/c1-15(2)18-13-7-5-6-8-14-19(4)17-11-9-16(3)10-12-17/h15-18H,5-14H2,1-4H3. The topological polar surface area (TPSA) is 15.3 Å². The molecule has 19 heavy (non-hydrogen) atoms. The molecule has 0 saturated heterocycles. The maximum absolute atomic E-state index is 3.49. The van der Waals surface area contributed by atoms with Crippen LogP contribution in [-0.2, 0) is 0 Å². The Morgan fingerprint density at radius 3 is 2.26 bits per heavy atom. The Morgan fingerprint density at radius 1 is 1.00 bits per heavy atom. The van der Waals surface area contributed by atoms with E-state index in [2.05, 4.69) is 38.0 Å². The second-order valence-corrected chi connectivity index (χ2v) is 6.92. The van der Waals surface area contributed by atoms with Crippen LogP contribution in [0.3, 0.4) is 0 Å². The normalized spacial score (nSPS) is 24.3. The lowest BCUT2D eigenvalue weighted by Gasteiger charge is -2.33. The van der Waals surface area contributed by atoms with Crippen molar-refractivity contribution in [2.75, 3.05) is 20.1 Å². The molecular weight excluding hydrogens is 232 g/mol. The van der Waals surface area contributed by atoms with Crippen LogP contribution in [-0.4, -0.2) is 37.1 Å². The summed E-state index contributed by atoms with van der Waals surface area (Å²) in [6.07, 6.45) is 11.2. The van der Waals surface area contributed by atoms with E-state index in [0.717, 1.165) is 12.0 Å². The van der Waals surface area contributed by atoms with Crippen LogP contribution in [0, 0.1) is 5.92 Å². The third kappa shape index (κ3) is 7.94. The van der Waals surface area contributed by atoms with Crippen LogP contribution >= 0.6 is 0 Å². The molecule has 1 N–H and O–H groups in total. The number of unbranched alkanes of at least 4 members (excludes halogenated alkanes) is 3. The third-order valence-electron chi connectivity index (χ3n) is 4.60. The molecule has 0 heterocycles. The molecule has 0 aromatic rings. The number of hydrogen-bond acceptors (Lipinski definition) is 2. The molecule has 2 nitrogen and oxygen atoms in total. The van der Waals surface area contributed by atoms with E-state index < -0.39 is 0 Å². The second-order valence-electron chi connectivity index (χ2n) is 6.92. The predicted molar refractivity (Wildman–Crippen MR) is 85.7 cm³/mol. The minimum absolute atomic E-state index is 0.639. The summed E-state index contributed by atoms with van der Waals surface area (Å²) in [6, 6.07) is 1.51. The van der Waals surface area contributed by atoms with Crippen molar-refractivity contribution >= 4 is 0 Å². The zero-order valence-corrected chi connectivity index (χ0v) is 13.8. The van der Waals surface area contributed by atoms with E-state index in [4.69, 9.17) is 0 Å². The van der Waals surface area contributed by atoms with Crippen molar-refractivity contribution in [3.8, 4) is 0 Å². The fourth-order valence-electron chi connectivity index (χ4n) is 3.10. The maximum Gasteiger partial charge on any atom is 0.00924 e. The molecule has 0 aromatic carbocycles. The molecule has 0 unspecified atom stereocenters. The molecule has 2 heteroatoms. The largest absolute Gasteiger partial charge is 0.315 e. The summed E-state index contributed by atoms with van der Waals surface area (Å²) in [5, 5.41) is 3.49. The number of nitrogens with one attached hydrogen (secondary N) is 1. The van der Waals surface area contributed by atoms with Gasteiger partial charge in [-0.1, -0.05) is 33.6 Å². The van der Waals surface area contributed by atoms with E-state index in [-0.39, 0.29) is 0 Å². The van der Waals surface area contributed by atoms with Gasteiger partial charge in [-0.3, -0.25) is 0 Å². The monoisotopic (exact) mass is 268 g/mol. The smallest absolute Gasteiger partial charge is 0.00924 e. The molecule has 0 bridgehead atoms. The summed E-state index contributed by atoms with van der Waals surface area (Å²) < 4.78 is 0. The van der Waals surface area contributed by atoms with Crippen LogP contribution in [0.5, 0.6) is 0 Å². The summed E-state index contributed by atoms with van der Waals surface area (Å²) in [5.41, 5.74) is 0. The van der Waals surface area contributed by atoms with Crippen molar-refractivity contribution in [1.29, 1.82) is 0 Å². The highest BCUT2D eigenvalue weighted by Gasteiger charge is 2.20. The fourth-order valence-corrected chi connectivity index (χ4v) is 3.10. The molecule has 114 valence electrons. The molecular formula is C17H36N2. The molecule has 1 aliphatic carbocycles. The van der Waals surface area contributed by atoms with Gasteiger partial charge in [0.15, 0.2) is 0 Å². The van der Waals surface area contributed by atoms with Crippen LogP contribution in [0.4, 0.5) is 0 Å². The Bertz CT molecular complexity index is 207. The molecule has 0 amide bonds. The zero-order chi connectivity index (χ0) is 14.1. The van der Waals surface area contributed by atoms with Crippen molar-refractivity contribution in [2.45, 2.75) is 84.2 Å². The lowest BCUT2D eigenvalue weighted by Crippen LogP contribution is -2.35. The number of nitrogens with zero attached hydrogens (tertiary/aromatic N) is 1. The van der Waals surface area contributed by atoms with E-state index in [1.165, 1.54) is 64.5 Å². The molecule has 1 aliphatic rings. The summed E-state index contributed by atoms with van der Waals surface area (Å²) in [6.45, 7) is 9.34. The molecule has 0 spiro atoms. The first-order chi connectivity index (χ1) is 9.09. The number of rotatable bonds is 9. The molecule has 0 aromatic heterocycles. The Labute approximate surface area is 121 Å². The van der Waals surface area contributed by atoms with Gasteiger partial charge in [0.2, 0.25) is 0 Å².